The number of aryl methyl sites for hydroxylation is 1. The summed E-state index contributed by atoms with van der Waals surface area (Å²) in [7, 11) is 18.1. The lowest BCUT2D eigenvalue weighted by molar-refractivity contribution is -0.117. The molecule has 4 N–H and O–H groups in total. The number of thiazole rings is 1. The zero-order valence-corrected chi connectivity index (χ0v) is 22.4. The van der Waals surface area contributed by atoms with Crippen LogP contribution in [0.15, 0.2) is 24.3 Å². The van der Waals surface area contributed by atoms with Crippen molar-refractivity contribution in [2.24, 2.45) is 5.92 Å². The fourth-order valence-corrected chi connectivity index (χ4v) is 4.68. The van der Waals surface area contributed by atoms with E-state index < -0.39 is 11.1 Å². The van der Waals surface area contributed by atoms with E-state index in [1.54, 1.807) is 25.1 Å². The van der Waals surface area contributed by atoms with E-state index in [1.807, 2.05) is 6.92 Å². The van der Waals surface area contributed by atoms with Crippen LogP contribution in [0.25, 0.3) is 10.6 Å². The summed E-state index contributed by atoms with van der Waals surface area (Å²) >= 11 is 1.23. The summed E-state index contributed by atoms with van der Waals surface area (Å²) in [6.45, 7) is 4.09. The molecule has 1 aliphatic rings. The van der Waals surface area contributed by atoms with Gasteiger partial charge in [0.05, 0.1) is 53.3 Å². The largest absolute Gasteiger partial charge is 0.494 e. The first-order valence-electron chi connectivity index (χ1n) is 12.1. The summed E-state index contributed by atoms with van der Waals surface area (Å²) in [6.07, 6.45) is 1.61. The Bertz CT molecular complexity index is 1420. The minimum absolute atomic E-state index is 0.0682. The molecule has 0 bridgehead atoms. The van der Waals surface area contributed by atoms with Crippen LogP contribution in [0.3, 0.4) is 0 Å². The first kappa shape index (κ1) is 28.2. The molecule has 0 unspecified atom stereocenters. The Morgan fingerprint density at radius 1 is 1.13 bits per heavy atom. The van der Waals surface area contributed by atoms with E-state index in [-0.39, 0.29) is 34.9 Å². The number of nitrogens with one attached hydrogen (secondary N) is 4. The first-order chi connectivity index (χ1) is 18.5. The van der Waals surface area contributed by atoms with Crippen LogP contribution in [-0.4, -0.2) is 75.3 Å². The Balaban J connectivity index is 1.72. The smallest absolute Gasteiger partial charge is 0.272 e. The third-order valence-corrected chi connectivity index (χ3v) is 6.79. The number of carbonyl (C=O) groups excluding carboxylic acids is 3. The molecule has 1 saturated carbocycles. The van der Waals surface area contributed by atoms with Gasteiger partial charge in [0.1, 0.15) is 9.88 Å². The van der Waals surface area contributed by atoms with E-state index in [1.165, 1.54) is 24.5 Å². The summed E-state index contributed by atoms with van der Waals surface area (Å²) in [5.41, 5.74) is 1.64. The molecule has 0 spiro atoms. The highest BCUT2D eigenvalue weighted by molar-refractivity contribution is 7.17. The second kappa shape index (κ2) is 11.5. The lowest BCUT2D eigenvalue weighted by Crippen LogP contribution is -2.50. The maximum absolute atomic E-state index is 12.9. The van der Waals surface area contributed by atoms with Crippen LogP contribution in [0.4, 0.5) is 17.2 Å². The van der Waals surface area contributed by atoms with Gasteiger partial charge in [-0.3, -0.25) is 14.4 Å². The summed E-state index contributed by atoms with van der Waals surface area (Å²) in [6, 6.07) is 6.74. The number of benzene rings is 1. The van der Waals surface area contributed by atoms with E-state index in [2.05, 4.69) is 36.4 Å². The third-order valence-electron chi connectivity index (χ3n) is 5.60. The minimum Gasteiger partial charge on any atom is -0.494 e. The Morgan fingerprint density at radius 3 is 2.51 bits per heavy atom. The molecule has 3 amide bonds. The van der Waals surface area contributed by atoms with Crippen LogP contribution in [0.2, 0.25) is 0 Å². The molecule has 194 valence electrons. The van der Waals surface area contributed by atoms with Crippen LogP contribution in [0.5, 0.6) is 5.75 Å². The van der Waals surface area contributed by atoms with Gasteiger partial charge in [-0.2, -0.15) is 0 Å². The predicted octanol–water partition coefficient (Wildman–Crippen LogP) is 1.61. The average molecular weight is 539 g/mol. The number of methoxy groups -OCH3 is 1. The molecule has 3 aromatic rings. The van der Waals surface area contributed by atoms with Crippen molar-refractivity contribution in [3.63, 3.8) is 0 Å². The number of rotatable bonds is 10. The highest BCUT2D eigenvalue weighted by Crippen LogP contribution is 2.40. The molecule has 2 aromatic heterocycles. The highest BCUT2D eigenvalue weighted by atomic mass is 32.1. The number of carbonyl (C=O) groups is 3. The summed E-state index contributed by atoms with van der Waals surface area (Å²) < 4.78 is 5.71. The molecule has 6 radical (unpaired) electrons. The standard InChI is InChI=1S/C24H24B3N7O4S/c1-4-28-22(37)19-11(2)29-23(39-19)13-6-5-7-14(18(13)38-3)30-15-10-16(31-20(35)12-8-9-12)33-34-17(15)21(36)32-24(25,26)27/h5-7,10,12H,4,8-9H2,1-3H3,(H,28,37)(H,32,36)(H2,30,31,33,35). The van der Waals surface area contributed by atoms with Gasteiger partial charge in [-0.15, -0.1) is 21.5 Å². The second-order valence-electron chi connectivity index (χ2n) is 8.95. The molecular formula is C24H24B3N7O4S. The number of ether oxygens (including phenoxy) is 1. The van der Waals surface area contributed by atoms with Crippen LogP contribution in [-0.2, 0) is 4.79 Å². The summed E-state index contributed by atoms with van der Waals surface area (Å²) in [5, 5.41) is 17.3. The van der Waals surface area contributed by atoms with Crippen molar-refractivity contribution < 1.29 is 19.1 Å². The number of aromatic nitrogens is 3. The molecule has 1 aromatic carbocycles. The van der Waals surface area contributed by atoms with Crippen LogP contribution in [0.1, 0.15) is 45.6 Å². The quantitative estimate of drug-likeness (QED) is 0.285. The predicted molar refractivity (Wildman–Crippen MR) is 151 cm³/mol. The van der Waals surface area contributed by atoms with Crippen molar-refractivity contribution in [1.29, 1.82) is 0 Å². The topological polar surface area (TPSA) is 147 Å². The molecule has 0 atom stereocenters. The SMILES string of the molecule is [B]C([B])([B])NC(=O)c1nnc(NC(=O)C2CC2)cc1Nc1cccc(-c2nc(C)c(C(=O)NCC)s2)c1OC. The van der Waals surface area contributed by atoms with Gasteiger partial charge in [0.2, 0.25) is 5.91 Å². The molecule has 11 nitrogen and oxygen atoms in total. The maximum Gasteiger partial charge on any atom is 0.272 e. The molecule has 0 aliphatic heterocycles. The Morgan fingerprint density at radius 2 is 1.87 bits per heavy atom. The van der Waals surface area contributed by atoms with Crippen LogP contribution in [0, 0.1) is 12.8 Å². The van der Waals surface area contributed by atoms with Gasteiger partial charge in [0, 0.05) is 18.5 Å². The third kappa shape index (κ3) is 6.77. The monoisotopic (exact) mass is 539 g/mol. The fourth-order valence-electron chi connectivity index (χ4n) is 3.68. The first-order valence-corrected chi connectivity index (χ1v) is 12.9. The molecule has 39 heavy (non-hydrogen) atoms. The van der Waals surface area contributed by atoms with Gasteiger partial charge in [-0.25, -0.2) is 4.98 Å². The van der Waals surface area contributed by atoms with E-state index in [4.69, 9.17) is 28.3 Å². The van der Waals surface area contributed by atoms with Gasteiger partial charge in [0.25, 0.3) is 11.8 Å². The molecule has 2 heterocycles. The highest BCUT2D eigenvalue weighted by Gasteiger charge is 2.30. The lowest BCUT2D eigenvalue weighted by Gasteiger charge is -2.23. The normalized spacial score (nSPS) is 12.9. The van der Waals surface area contributed by atoms with Gasteiger partial charge in [0.15, 0.2) is 17.3 Å². The zero-order chi connectivity index (χ0) is 28.3. The number of para-hydroxylation sites is 1. The Labute approximate surface area is 233 Å². The number of amides is 3. The number of anilines is 3. The van der Waals surface area contributed by atoms with Gasteiger partial charge in [-0.05, 0) is 38.8 Å². The molecule has 0 saturated heterocycles. The second-order valence-corrected chi connectivity index (χ2v) is 9.95. The summed E-state index contributed by atoms with van der Waals surface area (Å²) in [5.74, 6) is -0.717. The molecule has 1 fully saturated rings. The average Bonchev–Trinajstić information content (AvgIpc) is 3.65. The molecular weight excluding hydrogens is 515 g/mol. The van der Waals surface area contributed by atoms with E-state index in [0.717, 1.165) is 12.8 Å². The van der Waals surface area contributed by atoms with Crippen molar-refractivity contribution in [3.8, 4) is 16.3 Å². The minimum atomic E-state index is -2.00. The van der Waals surface area contributed by atoms with Gasteiger partial charge in [-0.1, -0.05) is 11.3 Å². The molecule has 4 rings (SSSR count). The van der Waals surface area contributed by atoms with Gasteiger partial charge >= 0.3 is 0 Å². The Hall–Kier alpha value is -3.87. The summed E-state index contributed by atoms with van der Waals surface area (Å²) in [4.78, 5) is 42.7. The van der Waals surface area contributed by atoms with E-state index in [0.29, 0.717) is 39.1 Å². The number of nitrogens with zero attached hydrogens (tertiary/aromatic N) is 3. The lowest BCUT2D eigenvalue weighted by atomic mass is 9.49. The molecule has 1 aliphatic carbocycles. The van der Waals surface area contributed by atoms with Crippen molar-refractivity contribution in [3.05, 3.63) is 40.5 Å². The van der Waals surface area contributed by atoms with Crippen molar-refractivity contribution >= 4 is 69.8 Å². The van der Waals surface area contributed by atoms with E-state index in [9.17, 15) is 14.4 Å². The van der Waals surface area contributed by atoms with E-state index >= 15 is 0 Å². The zero-order valence-electron chi connectivity index (χ0n) is 21.6. The number of hydrogen-bond donors (Lipinski definition) is 4. The maximum atomic E-state index is 12.9. The van der Waals surface area contributed by atoms with Crippen molar-refractivity contribution in [2.75, 3.05) is 24.3 Å². The Kier molecular flexibility index (Phi) is 8.29. The van der Waals surface area contributed by atoms with Gasteiger partial charge < -0.3 is 26.0 Å². The number of hydrogen-bond acceptors (Lipinski definition) is 9. The van der Waals surface area contributed by atoms with Crippen LogP contribution < -0.4 is 26.0 Å². The fraction of sp³-hybridized carbons (Fsp3) is 0.333. The van der Waals surface area contributed by atoms with Crippen molar-refractivity contribution in [1.82, 2.24) is 25.8 Å². The van der Waals surface area contributed by atoms with Crippen LogP contribution >= 0.6 is 11.3 Å². The molecule has 15 heteroatoms. The van der Waals surface area contributed by atoms with Crippen molar-refractivity contribution in [2.45, 2.75) is 31.9 Å².